The van der Waals surface area contributed by atoms with E-state index >= 15 is 0 Å². The zero-order chi connectivity index (χ0) is 18.9. The van der Waals surface area contributed by atoms with E-state index in [0.29, 0.717) is 22.2 Å². The van der Waals surface area contributed by atoms with Crippen LogP contribution >= 0.6 is 23.4 Å². The SMILES string of the molecule is COc1ccc(NC(=O)COC(=O)CSCc2ccc(C)cc2)cc1Cl. The quantitative estimate of drug-likeness (QED) is 0.685. The van der Waals surface area contributed by atoms with Gasteiger partial charge in [0, 0.05) is 11.4 Å². The van der Waals surface area contributed by atoms with Gasteiger partial charge in [0.15, 0.2) is 6.61 Å². The monoisotopic (exact) mass is 393 g/mol. The van der Waals surface area contributed by atoms with Crippen molar-refractivity contribution in [1.29, 1.82) is 0 Å². The predicted octanol–water partition coefficient (Wildman–Crippen LogP) is 4.07. The number of hydrogen-bond acceptors (Lipinski definition) is 5. The second kappa shape index (κ2) is 10.1. The number of anilines is 1. The molecule has 5 nitrogen and oxygen atoms in total. The van der Waals surface area contributed by atoms with Crippen LogP contribution in [0.15, 0.2) is 42.5 Å². The maximum Gasteiger partial charge on any atom is 0.316 e. The molecule has 1 amide bonds. The molecular formula is C19H20ClNO4S. The lowest BCUT2D eigenvalue weighted by atomic mass is 10.2. The third-order valence-corrected chi connectivity index (χ3v) is 4.68. The van der Waals surface area contributed by atoms with E-state index in [2.05, 4.69) is 5.32 Å². The first kappa shape index (κ1) is 20.1. The van der Waals surface area contributed by atoms with Crippen molar-refractivity contribution in [1.82, 2.24) is 0 Å². The molecule has 0 aliphatic heterocycles. The highest BCUT2D eigenvalue weighted by Crippen LogP contribution is 2.27. The number of nitrogens with one attached hydrogen (secondary N) is 1. The van der Waals surface area contributed by atoms with Gasteiger partial charge in [-0.15, -0.1) is 11.8 Å². The minimum Gasteiger partial charge on any atom is -0.495 e. The van der Waals surface area contributed by atoms with Crippen molar-refractivity contribution in [3.8, 4) is 5.75 Å². The van der Waals surface area contributed by atoms with Gasteiger partial charge >= 0.3 is 5.97 Å². The smallest absolute Gasteiger partial charge is 0.316 e. The van der Waals surface area contributed by atoms with E-state index in [1.165, 1.54) is 24.4 Å². The zero-order valence-electron chi connectivity index (χ0n) is 14.6. The summed E-state index contributed by atoms with van der Waals surface area (Å²) in [6, 6.07) is 13.0. The number of halogens is 1. The van der Waals surface area contributed by atoms with Crippen LogP contribution in [0.1, 0.15) is 11.1 Å². The van der Waals surface area contributed by atoms with Gasteiger partial charge in [0.05, 0.1) is 17.9 Å². The predicted molar refractivity (Wildman–Crippen MR) is 105 cm³/mol. The van der Waals surface area contributed by atoms with Gasteiger partial charge in [0.1, 0.15) is 5.75 Å². The van der Waals surface area contributed by atoms with Crippen LogP contribution in [-0.2, 0) is 20.1 Å². The summed E-state index contributed by atoms with van der Waals surface area (Å²) in [4.78, 5) is 23.6. The number of thioether (sulfide) groups is 1. The number of hydrogen-bond donors (Lipinski definition) is 1. The zero-order valence-corrected chi connectivity index (χ0v) is 16.2. The molecule has 2 rings (SSSR count). The Labute approximate surface area is 162 Å². The third-order valence-electron chi connectivity index (χ3n) is 3.41. The molecule has 0 bridgehead atoms. The number of carbonyl (C=O) groups excluding carboxylic acids is 2. The number of amides is 1. The van der Waals surface area contributed by atoms with Gasteiger partial charge in [-0.25, -0.2) is 0 Å². The molecule has 0 radical (unpaired) electrons. The molecule has 0 saturated carbocycles. The first-order valence-electron chi connectivity index (χ1n) is 7.90. The van der Waals surface area contributed by atoms with Crippen LogP contribution < -0.4 is 10.1 Å². The van der Waals surface area contributed by atoms with Crippen LogP contribution in [0.4, 0.5) is 5.69 Å². The van der Waals surface area contributed by atoms with Gasteiger partial charge in [0.2, 0.25) is 0 Å². The Hall–Kier alpha value is -2.18. The van der Waals surface area contributed by atoms with Crippen LogP contribution in [0.2, 0.25) is 5.02 Å². The van der Waals surface area contributed by atoms with Crippen molar-refractivity contribution < 1.29 is 19.1 Å². The summed E-state index contributed by atoms with van der Waals surface area (Å²) in [7, 11) is 1.51. The Bertz CT molecular complexity index is 765. The Kier molecular flexibility index (Phi) is 7.81. The highest BCUT2D eigenvalue weighted by molar-refractivity contribution is 7.99. The molecule has 7 heteroatoms. The Balaban J connectivity index is 1.68. The lowest BCUT2D eigenvalue weighted by Gasteiger charge is -2.08. The largest absolute Gasteiger partial charge is 0.495 e. The van der Waals surface area contributed by atoms with Crippen LogP contribution in [0.5, 0.6) is 5.75 Å². The van der Waals surface area contributed by atoms with Crippen molar-refractivity contribution in [2.45, 2.75) is 12.7 Å². The van der Waals surface area contributed by atoms with E-state index in [0.717, 1.165) is 5.56 Å². The van der Waals surface area contributed by atoms with Crippen molar-refractivity contribution in [2.24, 2.45) is 0 Å². The van der Waals surface area contributed by atoms with Crippen molar-refractivity contribution >= 4 is 40.9 Å². The van der Waals surface area contributed by atoms with E-state index in [1.807, 2.05) is 31.2 Å². The Morgan fingerprint density at radius 3 is 2.54 bits per heavy atom. The second-order valence-corrected chi connectivity index (χ2v) is 6.93. The molecule has 138 valence electrons. The molecule has 0 unspecified atom stereocenters. The van der Waals surface area contributed by atoms with E-state index < -0.39 is 11.9 Å². The fourth-order valence-corrected chi connectivity index (χ4v) is 3.10. The molecule has 0 saturated heterocycles. The van der Waals surface area contributed by atoms with E-state index in [9.17, 15) is 9.59 Å². The minimum absolute atomic E-state index is 0.190. The molecule has 0 aromatic heterocycles. The number of esters is 1. The molecule has 1 N–H and O–H groups in total. The van der Waals surface area contributed by atoms with Crippen LogP contribution in [0.25, 0.3) is 0 Å². The van der Waals surface area contributed by atoms with Crippen molar-refractivity contribution in [3.63, 3.8) is 0 Å². The maximum absolute atomic E-state index is 11.8. The Morgan fingerprint density at radius 2 is 1.88 bits per heavy atom. The van der Waals surface area contributed by atoms with E-state index in [-0.39, 0.29) is 12.4 Å². The average molecular weight is 394 g/mol. The van der Waals surface area contributed by atoms with Crippen LogP contribution in [0, 0.1) is 6.92 Å². The molecule has 0 heterocycles. The van der Waals surface area contributed by atoms with Gasteiger partial charge in [-0.2, -0.15) is 0 Å². The standard InChI is InChI=1S/C19H20ClNO4S/c1-13-3-5-14(6-4-13)11-26-12-19(23)25-10-18(22)21-15-7-8-17(24-2)16(20)9-15/h3-9H,10-12H2,1-2H3,(H,21,22). The van der Waals surface area contributed by atoms with Crippen molar-refractivity contribution in [3.05, 3.63) is 58.6 Å². The Morgan fingerprint density at radius 1 is 1.15 bits per heavy atom. The summed E-state index contributed by atoms with van der Waals surface area (Å²) in [6.45, 7) is 1.69. The molecule has 26 heavy (non-hydrogen) atoms. The number of carbonyl (C=O) groups is 2. The van der Waals surface area contributed by atoms with E-state index in [4.69, 9.17) is 21.1 Å². The van der Waals surface area contributed by atoms with Gasteiger partial charge in [-0.05, 0) is 30.7 Å². The average Bonchev–Trinajstić information content (AvgIpc) is 2.62. The fraction of sp³-hybridized carbons (Fsp3) is 0.263. The lowest BCUT2D eigenvalue weighted by molar-refractivity contribution is -0.144. The van der Waals surface area contributed by atoms with Gasteiger partial charge in [-0.1, -0.05) is 41.4 Å². The lowest BCUT2D eigenvalue weighted by Crippen LogP contribution is -2.21. The normalized spacial score (nSPS) is 10.3. The van der Waals surface area contributed by atoms with Crippen LogP contribution in [0.3, 0.4) is 0 Å². The summed E-state index contributed by atoms with van der Waals surface area (Å²) in [6.07, 6.45) is 0. The maximum atomic E-state index is 11.8. The molecule has 0 spiro atoms. The van der Waals surface area contributed by atoms with Gasteiger partial charge in [0.25, 0.3) is 5.91 Å². The third kappa shape index (κ3) is 6.61. The highest BCUT2D eigenvalue weighted by atomic mass is 35.5. The van der Waals surface area contributed by atoms with E-state index in [1.54, 1.807) is 18.2 Å². The fourth-order valence-electron chi connectivity index (χ4n) is 2.07. The molecule has 0 fully saturated rings. The molecule has 2 aromatic rings. The molecule has 0 atom stereocenters. The van der Waals surface area contributed by atoms with Gasteiger partial charge in [-0.3, -0.25) is 9.59 Å². The minimum atomic E-state index is -0.428. The summed E-state index contributed by atoms with van der Waals surface area (Å²) in [5, 5.41) is 3.00. The highest BCUT2D eigenvalue weighted by Gasteiger charge is 2.09. The number of rotatable bonds is 8. The number of ether oxygens (including phenoxy) is 2. The summed E-state index contributed by atoms with van der Waals surface area (Å²) in [5.41, 5.74) is 2.84. The topological polar surface area (TPSA) is 64.6 Å². The molecule has 2 aromatic carbocycles. The molecule has 0 aliphatic carbocycles. The number of methoxy groups -OCH3 is 1. The number of benzene rings is 2. The summed E-state index contributed by atoms with van der Waals surface area (Å²) < 4.78 is 10.0. The molecule has 0 aliphatic rings. The number of aryl methyl sites for hydroxylation is 1. The second-order valence-electron chi connectivity index (χ2n) is 5.54. The molecular weight excluding hydrogens is 374 g/mol. The van der Waals surface area contributed by atoms with Crippen LogP contribution in [-0.4, -0.2) is 31.3 Å². The first-order chi connectivity index (χ1) is 12.5. The van der Waals surface area contributed by atoms with Gasteiger partial charge < -0.3 is 14.8 Å². The summed E-state index contributed by atoms with van der Waals surface area (Å²) in [5.74, 6) is 0.566. The first-order valence-corrected chi connectivity index (χ1v) is 9.43. The summed E-state index contributed by atoms with van der Waals surface area (Å²) >= 11 is 7.44. The van der Waals surface area contributed by atoms with Crippen molar-refractivity contribution in [2.75, 3.05) is 24.8 Å².